The normalized spacial score (nSPS) is 23.6. The molecule has 1 aromatic rings. The number of carboxylic acid groups (broad SMARTS) is 1. The van der Waals surface area contributed by atoms with Gasteiger partial charge in [0.25, 0.3) is 5.91 Å². The predicted octanol–water partition coefficient (Wildman–Crippen LogP) is 2.04. The molecule has 2 N–H and O–H groups in total. The van der Waals surface area contributed by atoms with Crippen LogP contribution in [0.3, 0.4) is 0 Å². The van der Waals surface area contributed by atoms with Crippen molar-refractivity contribution in [3.63, 3.8) is 0 Å². The molecule has 92 valence electrons. The Labute approximate surface area is 104 Å². The second-order valence-electron chi connectivity index (χ2n) is 4.43. The Morgan fingerprint density at radius 2 is 2.18 bits per heavy atom. The topological polar surface area (TPSA) is 66.4 Å². The van der Waals surface area contributed by atoms with Gasteiger partial charge in [0.15, 0.2) is 0 Å². The van der Waals surface area contributed by atoms with Gasteiger partial charge in [0.2, 0.25) is 0 Å². The molecule has 1 saturated carbocycles. The first-order valence-electron chi connectivity index (χ1n) is 5.66. The van der Waals surface area contributed by atoms with Gasteiger partial charge < -0.3 is 10.4 Å². The molecule has 1 aliphatic rings. The second kappa shape index (κ2) is 4.87. The van der Waals surface area contributed by atoms with Crippen LogP contribution in [0.1, 0.15) is 33.8 Å². The maximum absolute atomic E-state index is 11.8. The lowest BCUT2D eigenvalue weighted by molar-refractivity contribution is -0.141. The van der Waals surface area contributed by atoms with Gasteiger partial charge in [0.1, 0.15) is 0 Å². The van der Waals surface area contributed by atoms with Crippen molar-refractivity contribution < 1.29 is 14.7 Å². The van der Waals surface area contributed by atoms with Crippen molar-refractivity contribution in [3.05, 3.63) is 21.9 Å². The van der Waals surface area contributed by atoms with Crippen molar-refractivity contribution in [1.82, 2.24) is 5.32 Å². The molecule has 2 rings (SSSR count). The van der Waals surface area contributed by atoms with Gasteiger partial charge in [-0.1, -0.05) is 0 Å². The first kappa shape index (κ1) is 12.1. The number of carboxylic acids is 1. The Morgan fingerprint density at radius 1 is 1.41 bits per heavy atom. The number of rotatable bonds is 3. The number of nitrogens with one attached hydrogen (secondary N) is 1. The first-order valence-corrected chi connectivity index (χ1v) is 6.48. The van der Waals surface area contributed by atoms with E-state index in [1.165, 1.54) is 11.3 Å². The van der Waals surface area contributed by atoms with Gasteiger partial charge in [0, 0.05) is 10.9 Å². The lowest BCUT2D eigenvalue weighted by Gasteiger charge is -2.11. The molecular weight excluding hydrogens is 238 g/mol. The summed E-state index contributed by atoms with van der Waals surface area (Å²) in [6.45, 7) is 1.96. The van der Waals surface area contributed by atoms with E-state index in [0.717, 1.165) is 11.3 Å². The molecule has 0 aliphatic heterocycles. The van der Waals surface area contributed by atoms with Crippen molar-refractivity contribution in [2.45, 2.75) is 32.2 Å². The minimum Gasteiger partial charge on any atom is -0.481 e. The van der Waals surface area contributed by atoms with Crippen molar-refractivity contribution >= 4 is 23.2 Å². The number of hydrogen-bond acceptors (Lipinski definition) is 3. The smallest absolute Gasteiger partial charge is 0.306 e. The molecule has 5 heteroatoms. The van der Waals surface area contributed by atoms with E-state index in [4.69, 9.17) is 5.11 Å². The number of hydrogen-bond donors (Lipinski definition) is 2. The van der Waals surface area contributed by atoms with Crippen LogP contribution in [-0.4, -0.2) is 23.0 Å². The summed E-state index contributed by atoms with van der Waals surface area (Å²) in [7, 11) is 0. The van der Waals surface area contributed by atoms with Crippen LogP contribution in [0.15, 0.2) is 12.1 Å². The number of aliphatic carboxylic acids is 1. The first-order chi connectivity index (χ1) is 8.06. The van der Waals surface area contributed by atoms with Crippen LogP contribution in [-0.2, 0) is 4.79 Å². The Hall–Kier alpha value is -1.36. The molecule has 1 aromatic heterocycles. The van der Waals surface area contributed by atoms with E-state index < -0.39 is 5.97 Å². The van der Waals surface area contributed by atoms with E-state index in [9.17, 15) is 9.59 Å². The molecule has 17 heavy (non-hydrogen) atoms. The molecule has 1 amide bonds. The van der Waals surface area contributed by atoms with Gasteiger partial charge in [-0.05, 0) is 38.3 Å². The zero-order valence-corrected chi connectivity index (χ0v) is 10.4. The van der Waals surface area contributed by atoms with Crippen LogP contribution in [0, 0.1) is 12.8 Å². The minimum absolute atomic E-state index is 0.00556. The Morgan fingerprint density at radius 3 is 2.71 bits per heavy atom. The molecule has 0 radical (unpaired) electrons. The number of aryl methyl sites for hydroxylation is 1. The largest absolute Gasteiger partial charge is 0.481 e. The Bertz CT molecular complexity index is 441. The fourth-order valence-corrected chi connectivity index (χ4v) is 2.92. The number of carbonyl (C=O) groups excluding carboxylic acids is 1. The molecule has 0 unspecified atom stereocenters. The standard InChI is InChI=1S/C12H15NO3S/c1-7-2-5-10(17-7)11(14)13-9-4-3-8(6-9)12(15)16/h2,5,8-9H,3-4,6H2,1H3,(H,13,14)(H,15,16)/t8-,9+/m0/s1. The van der Waals surface area contributed by atoms with Crippen LogP contribution < -0.4 is 5.32 Å². The van der Waals surface area contributed by atoms with Crippen molar-refractivity contribution in [3.8, 4) is 0 Å². The highest BCUT2D eigenvalue weighted by molar-refractivity contribution is 7.13. The number of carbonyl (C=O) groups is 2. The average Bonchev–Trinajstić information content (AvgIpc) is 2.86. The number of amides is 1. The number of thiophene rings is 1. The van der Waals surface area contributed by atoms with Gasteiger partial charge in [-0.3, -0.25) is 9.59 Å². The highest BCUT2D eigenvalue weighted by atomic mass is 32.1. The monoisotopic (exact) mass is 253 g/mol. The summed E-state index contributed by atoms with van der Waals surface area (Å²) in [5.41, 5.74) is 0. The van der Waals surface area contributed by atoms with E-state index in [1.807, 2.05) is 13.0 Å². The summed E-state index contributed by atoms with van der Waals surface area (Å²) in [4.78, 5) is 24.4. The molecule has 0 spiro atoms. The van der Waals surface area contributed by atoms with Crippen molar-refractivity contribution in [1.29, 1.82) is 0 Å². The Balaban J connectivity index is 1.90. The predicted molar refractivity (Wildman–Crippen MR) is 65.3 cm³/mol. The summed E-state index contributed by atoms with van der Waals surface area (Å²) < 4.78 is 0. The highest BCUT2D eigenvalue weighted by Gasteiger charge is 2.30. The molecule has 1 aliphatic carbocycles. The maximum Gasteiger partial charge on any atom is 0.306 e. The molecule has 0 aromatic carbocycles. The summed E-state index contributed by atoms with van der Waals surface area (Å²) in [6, 6.07) is 3.72. The molecule has 0 saturated heterocycles. The summed E-state index contributed by atoms with van der Waals surface area (Å²) >= 11 is 1.46. The third-order valence-corrected chi connectivity index (χ3v) is 4.08. The SMILES string of the molecule is Cc1ccc(C(=O)N[C@@H]2CC[C@H](C(=O)O)C2)s1. The second-order valence-corrected chi connectivity index (χ2v) is 5.72. The zero-order valence-electron chi connectivity index (χ0n) is 9.60. The van der Waals surface area contributed by atoms with Gasteiger partial charge >= 0.3 is 5.97 Å². The van der Waals surface area contributed by atoms with Crippen molar-refractivity contribution in [2.24, 2.45) is 5.92 Å². The lowest BCUT2D eigenvalue weighted by Crippen LogP contribution is -2.32. The molecule has 0 bridgehead atoms. The van der Waals surface area contributed by atoms with Crippen LogP contribution in [0.25, 0.3) is 0 Å². The Kier molecular flexibility index (Phi) is 3.47. The molecule has 1 fully saturated rings. The molecule has 1 heterocycles. The van der Waals surface area contributed by atoms with Crippen LogP contribution in [0.4, 0.5) is 0 Å². The third kappa shape index (κ3) is 2.85. The average molecular weight is 253 g/mol. The van der Waals surface area contributed by atoms with E-state index >= 15 is 0 Å². The van der Waals surface area contributed by atoms with Crippen LogP contribution in [0.2, 0.25) is 0 Å². The zero-order chi connectivity index (χ0) is 12.4. The van der Waals surface area contributed by atoms with Gasteiger partial charge in [-0.2, -0.15) is 0 Å². The fraction of sp³-hybridized carbons (Fsp3) is 0.500. The lowest BCUT2D eigenvalue weighted by atomic mass is 10.1. The molecular formula is C12H15NO3S. The van der Waals surface area contributed by atoms with Gasteiger partial charge in [0.05, 0.1) is 10.8 Å². The van der Waals surface area contributed by atoms with E-state index in [2.05, 4.69) is 5.32 Å². The summed E-state index contributed by atoms with van der Waals surface area (Å²) in [5.74, 6) is -1.14. The molecule has 4 nitrogen and oxygen atoms in total. The van der Waals surface area contributed by atoms with Crippen LogP contribution in [0.5, 0.6) is 0 Å². The van der Waals surface area contributed by atoms with E-state index in [0.29, 0.717) is 17.7 Å². The quantitative estimate of drug-likeness (QED) is 0.866. The minimum atomic E-state index is -0.756. The highest BCUT2D eigenvalue weighted by Crippen LogP contribution is 2.26. The van der Waals surface area contributed by atoms with Crippen molar-refractivity contribution in [2.75, 3.05) is 0 Å². The third-order valence-electron chi connectivity index (χ3n) is 3.08. The summed E-state index contributed by atoms with van der Waals surface area (Å²) in [6.07, 6.45) is 1.96. The van der Waals surface area contributed by atoms with E-state index in [-0.39, 0.29) is 17.9 Å². The summed E-state index contributed by atoms with van der Waals surface area (Å²) in [5, 5.41) is 11.8. The van der Waals surface area contributed by atoms with Crippen LogP contribution >= 0.6 is 11.3 Å². The fourth-order valence-electron chi connectivity index (χ4n) is 2.15. The van der Waals surface area contributed by atoms with E-state index in [1.54, 1.807) is 6.07 Å². The van der Waals surface area contributed by atoms with Gasteiger partial charge in [-0.25, -0.2) is 0 Å². The van der Waals surface area contributed by atoms with Gasteiger partial charge in [-0.15, -0.1) is 11.3 Å². The maximum atomic E-state index is 11.8. The molecule has 2 atom stereocenters.